The second-order valence-corrected chi connectivity index (χ2v) is 15.7. The van der Waals surface area contributed by atoms with E-state index in [0.29, 0.717) is 31.3 Å². The van der Waals surface area contributed by atoms with Gasteiger partial charge in [0.2, 0.25) is 0 Å². The van der Waals surface area contributed by atoms with Gasteiger partial charge in [0.25, 0.3) is 0 Å². The Labute approximate surface area is 267 Å². The second kappa shape index (κ2) is 8.88. The highest BCUT2D eigenvalue weighted by Gasteiger charge is 2.80. The molecule has 9 rings (SSSR count). The van der Waals surface area contributed by atoms with Crippen molar-refractivity contribution in [2.75, 3.05) is 0 Å². The summed E-state index contributed by atoms with van der Waals surface area (Å²) in [4.78, 5) is -0.458. The van der Waals surface area contributed by atoms with E-state index in [-0.39, 0.29) is 9.75 Å². The molecule has 0 amide bonds. The number of benzene rings is 4. The van der Waals surface area contributed by atoms with Crippen LogP contribution < -0.4 is 0 Å². The molecule has 0 saturated heterocycles. The van der Waals surface area contributed by atoms with E-state index >= 15 is 26.3 Å². The summed E-state index contributed by atoms with van der Waals surface area (Å²) in [5.41, 5.74) is -1.96. The summed E-state index contributed by atoms with van der Waals surface area (Å²) in [5, 5.41) is 4.98. The number of aryl methyl sites for hydroxylation is 2. The molecule has 10 heteroatoms. The first-order valence-electron chi connectivity index (χ1n) is 14.0. The SMILES string of the molecule is Cc1c(C2=C(c3sc4cc5sc6ccccc6c5cc4c3C)C(F)(F)C(F)(F)C2(F)F)sc2cc3sc4ccccc4c3cc12. The number of halogens is 6. The van der Waals surface area contributed by atoms with Gasteiger partial charge in [-0.05, 0) is 72.1 Å². The van der Waals surface area contributed by atoms with E-state index in [9.17, 15) is 0 Å². The maximum Gasteiger partial charge on any atom is 0.380 e. The number of thiophene rings is 4. The average molecular weight is 681 g/mol. The van der Waals surface area contributed by atoms with Crippen LogP contribution in [-0.2, 0) is 0 Å². The molecule has 8 aromatic rings. The highest BCUT2D eigenvalue weighted by molar-refractivity contribution is 7.27. The van der Waals surface area contributed by atoms with Crippen molar-refractivity contribution in [1.82, 2.24) is 0 Å². The van der Waals surface area contributed by atoms with E-state index in [1.807, 2.05) is 72.8 Å². The molecule has 0 atom stereocenters. The van der Waals surface area contributed by atoms with Gasteiger partial charge in [0.15, 0.2) is 0 Å². The van der Waals surface area contributed by atoms with Crippen LogP contribution >= 0.6 is 45.3 Å². The Hall–Kier alpha value is -3.44. The van der Waals surface area contributed by atoms with E-state index < -0.39 is 28.9 Å². The summed E-state index contributed by atoms with van der Waals surface area (Å²) in [6, 6.07) is 23.0. The molecular formula is C35H18F6S4. The van der Waals surface area contributed by atoms with E-state index in [1.54, 1.807) is 13.8 Å². The third kappa shape index (κ3) is 3.43. The molecule has 0 unspecified atom stereocenters. The Morgan fingerprint density at radius 2 is 0.800 bits per heavy atom. The minimum Gasteiger partial charge on any atom is -0.194 e. The summed E-state index contributed by atoms with van der Waals surface area (Å²) in [5.74, 6) is -15.8. The van der Waals surface area contributed by atoms with Gasteiger partial charge in [0.05, 0.1) is 11.1 Å². The summed E-state index contributed by atoms with van der Waals surface area (Å²) < 4.78 is 99.4. The molecule has 1 aliphatic carbocycles. The van der Waals surface area contributed by atoms with Crippen molar-refractivity contribution in [2.24, 2.45) is 0 Å². The fourth-order valence-corrected chi connectivity index (χ4v) is 11.7. The lowest BCUT2D eigenvalue weighted by Gasteiger charge is -2.25. The fraction of sp³-hybridized carbons (Fsp3) is 0.143. The quantitative estimate of drug-likeness (QED) is 0.159. The van der Waals surface area contributed by atoms with Crippen molar-refractivity contribution < 1.29 is 26.3 Å². The van der Waals surface area contributed by atoms with Crippen molar-refractivity contribution in [3.05, 3.63) is 93.7 Å². The molecule has 224 valence electrons. The first-order chi connectivity index (χ1) is 21.4. The smallest absolute Gasteiger partial charge is 0.194 e. The van der Waals surface area contributed by atoms with E-state index in [4.69, 9.17) is 0 Å². The highest BCUT2D eigenvalue weighted by atomic mass is 32.1. The van der Waals surface area contributed by atoms with Gasteiger partial charge in [-0.3, -0.25) is 0 Å². The van der Waals surface area contributed by atoms with E-state index in [1.165, 1.54) is 22.7 Å². The predicted octanol–water partition coefficient (Wildman–Crippen LogP) is 13.3. The molecule has 0 nitrogen and oxygen atoms in total. The van der Waals surface area contributed by atoms with E-state index in [2.05, 4.69) is 0 Å². The summed E-state index contributed by atoms with van der Waals surface area (Å²) >= 11 is 4.82. The van der Waals surface area contributed by atoms with Crippen LogP contribution in [0.1, 0.15) is 20.9 Å². The number of alkyl halides is 6. The molecule has 0 spiro atoms. The lowest BCUT2D eigenvalue weighted by molar-refractivity contribution is -0.254. The molecule has 4 aromatic carbocycles. The van der Waals surface area contributed by atoms with Crippen LogP contribution in [0.25, 0.3) is 71.7 Å². The van der Waals surface area contributed by atoms with Crippen molar-refractivity contribution in [1.29, 1.82) is 0 Å². The molecule has 45 heavy (non-hydrogen) atoms. The van der Waals surface area contributed by atoms with Gasteiger partial charge < -0.3 is 0 Å². The van der Waals surface area contributed by atoms with Crippen LogP contribution in [0.2, 0.25) is 0 Å². The Balaban J connectivity index is 1.34. The van der Waals surface area contributed by atoms with Crippen LogP contribution in [-0.4, -0.2) is 17.8 Å². The molecule has 4 aromatic heterocycles. The molecule has 0 fully saturated rings. The Bertz CT molecular complexity index is 2430. The largest absolute Gasteiger partial charge is 0.380 e. The monoisotopic (exact) mass is 680 g/mol. The van der Waals surface area contributed by atoms with Crippen molar-refractivity contribution >= 4 is 117 Å². The zero-order valence-corrected chi connectivity index (χ0v) is 26.6. The first-order valence-corrected chi connectivity index (χ1v) is 17.2. The molecule has 0 N–H and O–H groups in total. The van der Waals surface area contributed by atoms with Crippen molar-refractivity contribution in [3.8, 4) is 0 Å². The van der Waals surface area contributed by atoms with Crippen LogP contribution in [0, 0.1) is 13.8 Å². The zero-order chi connectivity index (χ0) is 31.2. The lowest BCUT2D eigenvalue weighted by Crippen LogP contribution is -2.48. The van der Waals surface area contributed by atoms with Crippen LogP contribution in [0.3, 0.4) is 0 Å². The van der Waals surface area contributed by atoms with Gasteiger partial charge >= 0.3 is 17.8 Å². The Morgan fingerprint density at radius 1 is 0.422 bits per heavy atom. The third-order valence-electron chi connectivity index (χ3n) is 8.99. The molecule has 4 heterocycles. The molecule has 0 bridgehead atoms. The molecule has 0 radical (unpaired) electrons. The van der Waals surface area contributed by atoms with Crippen LogP contribution in [0.5, 0.6) is 0 Å². The van der Waals surface area contributed by atoms with Gasteiger partial charge in [0.1, 0.15) is 0 Å². The number of fused-ring (bicyclic) bond motifs is 8. The fourth-order valence-electron chi connectivity index (χ4n) is 6.69. The zero-order valence-electron chi connectivity index (χ0n) is 23.3. The van der Waals surface area contributed by atoms with Gasteiger partial charge in [-0.15, -0.1) is 45.3 Å². The minimum absolute atomic E-state index is 0.229. The topological polar surface area (TPSA) is 0 Å². The first kappa shape index (κ1) is 27.8. The van der Waals surface area contributed by atoms with Crippen molar-refractivity contribution in [3.63, 3.8) is 0 Å². The average Bonchev–Trinajstić information content (AvgIpc) is 3.75. The predicted molar refractivity (Wildman–Crippen MR) is 181 cm³/mol. The maximum atomic E-state index is 15.9. The number of hydrogen-bond donors (Lipinski definition) is 0. The standard InChI is InChI=1S/C35H18F6S4/c1-15-19-11-21-17-7-3-5-9-23(17)42-27(21)13-25(19)44-31(15)29-30(34(38,39)35(40,41)33(29,36)37)32-16(2)20-12-22-18-8-4-6-10-24(18)43-28(22)14-26(20)45-32/h3-14H,1-2H3. The summed E-state index contributed by atoms with van der Waals surface area (Å²) in [6.45, 7) is 3.11. The summed E-state index contributed by atoms with van der Waals surface area (Å²) in [6.07, 6.45) is 0. The molecule has 0 aliphatic heterocycles. The number of allylic oxidation sites excluding steroid dienone is 2. The van der Waals surface area contributed by atoms with Crippen molar-refractivity contribution in [2.45, 2.75) is 31.6 Å². The van der Waals surface area contributed by atoms with Crippen LogP contribution in [0.4, 0.5) is 26.3 Å². The normalized spacial score (nSPS) is 17.8. The number of rotatable bonds is 2. The Kier molecular flexibility index (Phi) is 5.49. The molecule has 1 aliphatic rings. The van der Waals surface area contributed by atoms with Gasteiger partial charge in [-0.25, -0.2) is 0 Å². The molecule has 0 saturated carbocycles. The number of hydrogen-bond acceptors (Lipinski definition) is 4. The maximum absolute atomic E-state index is 15.9. The second-order valence-electron chi connectivity index (χ2n) is 11.5. The van der Waals surface area contributed by atoms with Crippen LogP contribution in [0.15, 0.2) is 72.8 Å². The highest BCUT2D eigenvalue weighted by Crippen LogP contribution is 2.67. The minimum atomic E-state index is -5.61. The summed E-state index contributed by atoms with van der Waals surface area (Å²) in [7, 11) is 0. The Morgan fingerprint density at radius 3 is 1.22 bits per heavy atom. The van der Waals surface area contributed by atoms with E-state index in [0.717, 1.165) is 63.0 Å². The third-order valence-corrected chi connectivity index (χ3v) is 13.8. The molecular weight excluding hydrogens is 663 g/mol. The van der Waals surface area contributed by atoms with Gasteiger partial charge in [0, 0.05) is 59.5 Å². The lowest BCUT2D eigenvalue weighted by atomic mass is 9.98. The van der Waals surface area contributed by atoms with Gasteiger partial charge in [-0.1, -0.05) is 36.4 Å². The van der Waals surface area contributed by atoms with Gasteiger partial charge in [-0.2, -0.15) is 26.3 Å².